The van der Waals surface area contributed by atoms with E-state index in [4.69, 9.17) is 0 Å². The van der Waals surface area contributed by atoms with Crippen molar-refractivity contribution in [3.8, 4) is 0 Å². The molecule has 0 unspecified atom stereocenters. The van der Waals surface area contributed by atoms with Gasteiger partial charge in [-0.15, -0.1) is 11.8 Å². The van der Waals surface area contributed by atoms with Crippen molar-refractivity contribution in [2.24, 2.45) is 0 Å². The van der Waals surface area contributed by atoms with Crippen LogP contribution in [0.1, 0.15) is 25.0 Å². The molecule has 0 nitrogen and oxygen atoms in total. The van der Waals surface area contributed by atoms with Gasteiger partial charge in [-0.05, 0) is 29.9 Å². The molecule has 0 atom stereocenters. The number of aryl methyl sites for hydroxylation is 1. The van der Waals surface area contributed by atoms with Gasteiger partial charge in [0.15, 0.2) is 0 Å². The topological polar surface area (TPSA) is 0 Å². The van der Waals surface area contributed by atoms with Gasteiger partial charge in [0.05, 0.1) is 5.56 Å². The smallest absolute Gasteiger partial charge is 0.166 e. The minimum Gasteiger partial charge on any atom is -0.166 e. The number of thioether (sulfide) groups is 1. The van der Waals surface area contributed by atoms with Gasteiger partial charge in [0.2, 0.25) is 0 Å². The van der Waals surface area contributed by atoms with E-state index in [-0.39, 0.29) is 0 Å². The highest BCUT2D eigenvalue weighted by Gasteiger charge is 2.32. The quantitative estimate of drug-likeness (QED) is 0.699. The van der Waals surface area contributed by atoms with Gasteiger partial charge in [0.1, 0.15) is 0 Å². The first kappa shape index (κ1) is 12.4. The van der Waals surface area contributed by atoms with Gasteiger partial charge in [-0.1, -0.05) is 19.9 Å². The van der Waals surface area contributed by atoms with Crippen LogP contribution in [0.3, 0.4) is 0 Å². The lowest BCUT2D eigenvalue weighted by atomic mass is 10.1. The molecule has 0 aromatic heterocycles. The molecule has 0 aliphatic heterocycles. The van der Waals surface area contributed by atoms with E-state index in [1.165, 1.54) is 17.8 Å². The highest BCUT2D eigenvalue weighted by molar-refractivity contribution is 7.99. The molecule has 0 aliphatic carbocycles. The predicted octanol–water partition coefficient (Wildman–Crippen LogP) is 4.38. The van der Waals surface area contributed by atoms with E-state index in [1.54, 1.807) is 19.1 Å². The molecular weight excluding hydrogens is 221 g/mol. The number of hydrogen-bond donors (Lipinski definition) is 0. The van der Waals surface area contributed by atoms with Gasteiger partial charge in [0.25, 0.3) is 0 Å². The van der Waals surface area contributed by atoms with E-state index in [1.807, 2.05) is 6.92 Å². The standard InChI is InChI=1S/C11H13F3S/c1-3-8-5-6-9(15-4-2)7-10(8)11(12,13)14/h5-7H,3-4H2,1-2H3. The van der Waals surface area contributed by atoms with Crippen LogP contribution in [0.4, 0.5) is 13.2 Å². The van der Waals surface area contributed by atoms with Crippen LogP contribution in [0.5, 0.6) is 0 Å². The highest BCUT2D eigenvalue weighted by Crippen LogP contribution is 2.34. The van der Waals surface area contributed by atoms with Crippen molar-refractivity contribution in [2.45, 2.75) is 31.3 Å². The van der Waals surface area contributed by atoms with Gasteiger partial charge >= 0.3 is 6.18 Å². The van der Waals surface area contributed by atoms with Crippen LogP contribution >= 0.6 is 11.8 Å². The van der Waals surface area contributed by atoms with Crippen LogP contribution < -0.4 is 0 Å². The van der Waals surface area contributed by atoms with Gasteiger partial charge in [-0.2, -0.15) is 13.2 Å². The van der Waals surface area contributed by atoms with E-state index in [9.17, 15) is 13.2 Å². The van der Waals surface area contributed by atoms with Crippen molar-refractivity contribution in [2.75, 3.05) is 5.75 Å². The lowest BCUT2D eigenvalue weighted by molar-refractivity contribution is -0.138. The van der Waals surface area contributed by atoms with Gasteiger partial charge in [-0.25, -0.2) is 0 Å². The minimum atomic E-state index is -4.24. The summed E-state index contributed by atoms with van der Waals surface area (Å²) >= 11 is 1.42. The van der Waals surface area contributed by atoms with E-state index in [2.05, 4.69) is 0 Å². The maximum Gasteiger partial charge on any atom is 0.416 e. The molecule has 0 aliphatic rings. The van der Waals surface area contributed by atoms with E-state index in [0.29, 0.717) is 16.9 Å². The zero-order chi connectivity index (χ0) is 11.5. The summed E-state index contributed by atoms with van der Waals surface area (Å²) in [5.41, 5.74) is -0.133. The molecule has 1 aromatic rings. The normalized spacial score (nSPS) is 11.8. The zero-order valence-corrected chi connectivity index (χ0v) is 9.50. The van der Waals surface area contributed by atoms with Gasteiger partial charge in [-0.3, -0.25) is 0 Å². The first-order valence-corrected chi connectivity index (χ1v) is 5.80. The van der Waals surface area contributed by atoms with Gasteiger partial charge in [0, 0.05) is 4.90 Å². The fourth-order valence-electron chi connectivity index (χ4n) is 1.38. The summed E-state index contributed by atoms with van der Waals surface area (Å²) in [7, 11) is 0. The van der Waals surface area contributed by atoms with Crippen LogP contribution in [0.25, 0.3) is 0 Å². The monoisotopic (exact) mass is 234 g/mol. The maximum absolute atomic E-state index is 12.6. The summed E-state index contributed by atoms with van der Waals surface area (Å²) in [4.78, 5) is 0.682. The molecular formula is C11H13F3S. The minimum absolute atomic E-state index is 0.364. The van der Waals surface area contributed by atoms with Crippen LogP contribution in [0.15, 0.2) is 23.1 Å². The highest BCUT2D eigenvalue weighted by atomic mass is 32.2. The first-order chi connectivity index (χ1) is 6.99. The lowest BCUT2D eigenvalue weighted by Crippen LogP contribution is -2.08. The Balaban J connectivity index is 3.13. The Bertz CT molecular complexity index is 331. The molecule has 4 heteroatoms. The number of rotatable bonds is 3. The molecule has 0 heterocycles. The molecule has 0 saturated heterocycles. The molecule has 0 bridgehead atoms. The van der Waals surface area contributed by atoms with Crippen molar-refractivity contribution in [1.29, 1.82) is 0 Å². The molecule has 0 fully saturated rings. The summed E-state index contributed by atoms with van der Waals surface area (Å²) in [5, 5.41) is 0. The van der Waals surface area contributed by atoms with Crippen LogP contribution in [0, 0.1) is 0 Å². The maximum atomic E-state index is 12.6. The van der Waals surface area contributed by atoms with Crippen molar-refractivity contribution in [3.05, 3.63) is 29.3 Å². The van der Waals surface area contributed by atoms with Crippen molar-refractivity contribution < 1.29 is 13.2 Å². The third-order valence-electron chi connectivity index (χ3n) is 2.08. The molecule has 15 heavy (non-hydrogen) atoms. The van der Waals surface area contributed by atoms with E-state index in [0.717, 1.165) is 5.75 Å². The number of benzene rings is 1. The Labute approximate surface area is 91.9 Å². The zero-order valence-electron chi connectivity index (χ0n) is 8.69. The first-order valence-electron chi connectivity index (χ1n) is 4.82. The Morgan fingerprint density at radius 2 is 1.87 bits per heavy atom. The molecule has 0 radical (unpaired) electrons. The van der Waals surface area contributed by atoms with E-state index < -0.39 is 11.7 Å². The van der Waals surface area contributed by atoms with Crippen LogP contribution in [0.2, 0.25) is 0 Å². The lowest BCUT2D eigenvalue weighted by Gasteiger charge is -2.13. The molecule has 1 aromatic carbocycles. The molecule has 0 amide bonds. The second kappa shape index (κ2) is 4.92. The second-order valence-electron chi connectivity index (χ2n) is 3.10. The largest absolute Gasteiger partial charge is 0.416 e. The second-order valence-corrected chi connectivity index (χ2v) is 4.44. The van der Waals surface area contributed by atoms with Crippen molar-refractivity contribution >= 4 is 11.8 Å². The average Bonchev–Trinajstić information content (AvgIpc) is 2.17. The van der Waals surface area contributed by atoms with Crippen LogP contribution in [-0.2, 0) is 12.6 Å². The fraction of sp³-hybridized carbons (Fsp3) is 0.455. The Kier molecular flexibility index (Phi) is 4.08. The SMILES string of the molecule is CCSc1ccc(CC)c(C(F)(F)F)c1. The molecule has 84 valence electrons. The summed E-state index contributed by atoms with van der Waals surface area (Å²) in [6.07, 6.45) is -3.83. The average molecular weight is 234 g/mol. The fourth-order valence-corrected chi connectivity index (χ4v) is 2.08. The van der Waals surface area contributed by atoms with Crippen molar-refractivity contribution in [3.63, 3.8) is 0 Å². The van der Waals surface area contributed by atoms with Crippen LogP contribution in [-0.4, -0.2) is 5.75 Å². The molecule has 0 spiro atoms. The third-order valence-corrected chi connectivity index (χ3v) is 2.95. The molecule has 0 N–H and O–H groups in total. The van der Waals surface area contributed by atoms with E-state index >= 15 is 0 Å². The summed E-state index contributed by atoms with van der Waals surface area (Å²) < 4.78 is 37.9. The number of hydrogen-bond acceptors (Lipinski definition) is 1. The Morgan fingerprint density at radius 1 is 1.20 bits per heavy atom. The summed E-state index contributed by atoms with van der Waals surface area (Å²) in [6.45, 7) is 3.66. The number of alkyl halides is 3. The number of halogens is 3. The summed E-state index contributed by atoms with van der Waals surface area (Å²) in [5.74, 6) is 0.781. The van der Waals surface area contributed by atoms with Gasteiger partial charge < -0.3 is 0 Å². The van der Waals surface area contributed by atoms with Crippen molar-refractivity contribution in [1.82, 2.24) is 0 Å². The summed E-state index contributed by atoms with van der Waals surface area (Å²) in [6, 6.07) is 4.57. The Morgan fingerprint density at radius 3 is 2.33 bits per heavy atom. The molecule has 0 saturated carbocycles. The predicted molar refractivity (Wildman–Crippen MR) is 57.2 cm³/mol. The third kappa shape index (κ3) is 3.16. The molecule has 1 rings (SSSR count). The Hall–Kier alpha value is -0.640.